The molecule has 1 aliphatic heterocycles. The van der Waals surface area contributed by atoms with Crippen molar-refractivity contribution < 1.29 is 34.7 Å². The van der Waals surface area contributed by atoms with Gasteiger partial charge in [-0.15, -0.1) is 0 Å². The van der Waals surface area contributed by atoms with Crippen LogP contribution in [0, 0.1) is 0 Å². The molecule has 0 aromatic heterocycles. The summed E-state index contributed by atoms with van der Waals surface area (Å²) in [7, 11) is 0. The third-order valence-electron chi connectivity index (χ3n) is 4.47. The van der Waals surface area contributed by atoms with Gasteiger partial charge < -0.3 is 29.9 Å². The Bertz CT molecular complexity index is 801. The minimum absolute atomic E-state index is 0.109. The summed E-state index contributed by atoms with van der Waals surface area (Å²) < 4.78 is 10.8. The molecule has 3 rings (SSSR count). The minimum Gasteiger partial charge on any atom is -0.462 e. The van der Waals surface area contributed by atoms with Crippen molar-refractivity contribution in [3.8, 4) is 5.75 Å². The molecule has 1 fully saturated rings. The van der Waals surface area contributed by atoms with Crippen LogP contribution in [0.4, 0.5) is 0 Å². The van der Waals surface area contributed by atoms with Crippen LogP contribution >= 0.6 is 0 Å². The van der Waals surface area contributed by atoms with Crippen LogP contribution in [-0.2, 0) is 4.74 Å². The first-order valence-corrected chi connectivity index (χ1v) is 8.84. The number of rotatable bonds is 6. The number of carbonyl (C=O) groups excluding carboxylic acids is 1. The van der Waals surface area contributed by atoms with Crippen molar-refractivity contribution >= 4 is 11.9 Å². The van der Waals surface area contributed by atoms with Gasteiger partial charge in [0.2, 0.25) is 6.29 Å². The molecule has 5 atom stereocenters. The Labute approximate surface area is 162 Å². The highest BCUT2D eigenvalue weighted by Gasteiger charge is 2.44. The summed E-state index contributed by atoms with van der Waals surface area (Å²) in [6.07, 6.45) is -3.53. The van der Waals surface area contributed by atoms with E-state index in [1.807, 2.05) is 6.07 Å². The van der Waals surface area contributed by atoms with Gasteiger partial charge >= 0.3 is 0 Å². The highest BCUT2D eigenvalue weighted by atomic mass is 16.7. The lowest BCUT2D eigenvalue weighted by Crippen LogP contribution is -2.60. The van der Waals surface area contributed by atoms with Crippen molar-refractivity contribution in [2.45, 2.75) is 30.7 Å². The number of aliphatic hydroxyl groups is 4. The first-order valence-electron chi connectivity index (χ1n) is 8.84. The molecule has 148 valence electrons. The zero-order chi connectivity index (χ0) is 20.1. The van der Waals surface area contributed by atoms with E-state index in [9.17, 15) is 25.2 Å². The van der Waals surface area contributed by atoms with E-state index in [0.29, 0.717) is 11.3 Å². The SMILES string of the molecule is O=C(/C=C/c1ccc(O[C@@H]2O[C@H](CO)[C@@H](O)[C@H](O)[C@H]2O)cc1)c1ccccc1. The maximum atomic E-state index is 12.1. The molecule has 2 aromatic carbocycles. The summed E-state index contributed by atoms with van der Waals surface area (Å²) in [4.78, 5) is 12.1. The van der Waals surface area contributed by atoms with Crippen LogP contribution in [0.1, 0.15) is 15.9 Å². The Balaban J connectivity index is 1.63. The van der Waals surface area contributed by atoms with E-state index in [1.165, 1.54) is 6.08 Å². The smallest absolute Gasteiger partial charge is 0.229 e. The number of hydrogen-bond donors (Lipinski definition) is 4. The van der Waals surface area contributed by atoms with E-state index in [1.54, 1.807) is 54.6 Å². The molecule has 0 radical (unpaired) electrons. The summed E-state index contributed by atoms with van der Waals surface area (Å²) in [6.45, 7) is -0.524. The number of ether oxygens (including phenoxy) is 2. The summed E-state index contributed by atoms with van der Waals surface area (Å²) in [5.74, 6) is 0.248. The van der Waals surface area contributed by atoms with Crippen molar-refractivity contribution in [2.75, 3.05) is 6.61 Å². The molecule has 0 unspecified atom stereocenters. The van der Waals surface area contributed by atoms with E-state index < -0.39 is 37.3 Å². The number of ketones is 1. The standard InChI is InChI=1S/C21H22O7/c22-12-17-18(24)19(25)20(26)21(28-17)27-15-9-6-13(7-10-15)8-11-16(23)14-4-2-1-3-5-14/h1-11,17-22,24-26H,12H2/b11-8+/t17-,18-,19+,20-,21-/m1/s1. The number of hydrogen-bond acceptors (Lipinski definition) is 7. The Morgan fingerprint density at radius 3 is 2.29 bits per heavy atom. The Kier molecular flexibility index (Phi) is 6.56. The zero-order valence-electron chi connectivity index (χ0n) is 15.0. The van der Waals surface area contributed by atoms with Crippen LogP contribution in [-0.4, -0.2) is 63.5 Å². The van der Waals surface area contributed by atoms with Crippen molar-refractivity contribution in [1.29, 1.82) is 0 Å². The Hall–Kier alpha value is -2.55. The van der Waals surface area contributed by atoms with E-state index >= 15 is 0 Å². The summed E-state index contributed by atoms with van der Waals surface area (Å²) in [6, 6.07) is 15.6. The molecule has 0 spiro atoms. The molecule has 2 aromatic rings. The molecule has 28 heavy (non-hydrogen) atoms. The number of aliphatic hydroxyl groups excluding tert-OH is 4. The van der Waals surface area contributed by atoms with Crippen LogP contribution in [0.3, 0.4) is 0 Å². The van der Waals surface area contributed by atoms with Crippen LogP contribution in [0.15, 0.2) is 60.7 Å². The van der Waals surface area contributed by atoms with E-state index in [4.69, 9.17) is 9.47 Å². The van der Waals surface area contributed by atoms with Gasteiger partial charge in [0.1, 0.15) is 30.2 Å². The Morgan fingerprint density at radius 1 is 0.964 bits per heavy atom. The lowest BCUT2D eigenvalue weighted by atomic mass is 9.99. The molecule has 1 heterocycles. The van der Waals surface area contributed by atoms with Gasteiger partial charge in [0.05, 0.1) is 6.61 Å². The van der Waals surface area contributed by atoms with Crippen LogP contribution in [0.2, 0.25) is 0 Å². The molecule has 1 saturated heterocycles. The summed E-state index contributed by atoms with van der Waals surface area (Å²) >= 11 is 0. The molecule has 0 aliphatic carbocycles. The highest BCUT2D eigenvalue weighted by Crippen LogP contribution is 2.24. The van der Waals surface area contributed by atoms with Gasteiger partial charge in [0.25, 0.3) is 0 Å². The third-order valence-corrected chi connectivity index (χ3v) is 4.47. The molecular weight excluding hydrogens is 364 g/mol. The topological polar surface area (TPSA) is 116 Å². The van der Waals surface area contributed by atoms with Crippen LogP contribution in [0.25, 0.3) is 6.08 Å². The van der Waals surface area contributed by atoms with Gasteiger partial charge in [0, 0.05) is 5.56 Å². The van der Waals surface area contributed by atoms with Gasteiger partial charge in [-0.25, -0.2) is 0 Å². The maximum absolute atomic E-state index is 12.1. The van der Waals surface area contributed by atoms with Crippen LogP contribution < -0.4 is 4.74 Å². The molecule has 1 aliphatic rings. The minimum atomic E-state index is -1.50. The second-order valence-electron chi connectivity index (χ2n) is 6.45. The second kappa shape index (κ2) is 9.09. The van der Waals surface area contributed by atoms with Gasteiger partial charge in [-0.05, 0) is 23.8 Å². The summed E-state index contributed by atoms with van der Waals surface area (Å²) in [5, 5.41) is 38.8. The molecular formula is C21H22O7. The molecule has 0 amide bonds. The Morgan fingerprint density at radius 2 is 1.64 bits per heavy atom. The van der Waals surface area contributed by atoms with E-state index in [0.717, 1.165) is 5.56 Å². The zero-order valence-corrected chi connectivity index (χ0v) is 15.0. The summed E-state index contributed by atoms with van der Waals surface area (Å²) in [5.41, 5.74) is 1.37. The molecule has 7 nitrogen and oxygen atoms in total. The predicted octanol–water partition coefficient (Wildman–Crippen LogP) is 0.761. The monoisotopic (exact) mass is 386 g/mol. The fourth-order valence-corrected chi connectivity index (χ4v) is 2.83. The largest absolute Gasteiger partial charge is 0.462 e. The van der Waals surface area contributed by atoms with E-state index in [-0.39, 0.29) is 5.78 Å². The third kappa shape index (κ3) is 4.64. The van der Waals surface area contributed by atoms with Crippen LogP contribution in [0.5, 0.6) is 5.75 Å². The van der Waals surface area contributed by atoms with Gasteiger partial charge in [-0.2, -0.15) is 0 Å². The fourth-order valence-electron chi connectivity index (χ4n) is 2.83. The molecule has 0 bridgehead atoms. The lowest BCUT2D eigenvalue weighted by molar-refractivity contribution is -0.277. The van der Waals surface area contributed by atoms with Gasteiger partial charge in [-0.3, -0.25) is 4.79 Å². The fraction of sp³-hybridized carbons (Fsp3) is 0.286. The average molecular weight is 386 g/mol. The average Bonchev–Trinajstić information content (AvgIpc) is 2.74. The van der Waals surface area contributed by atoms with Crippen molar-refractivity contribution in [2.24, 2.45) is 0 Å². The first kappa shape index (κ1) is 20.2. The van der Waals surface area contributed by atoms with E-state index in [2.05, 4.69) is 0 Å². The lowest BCUT2D eigenvalue weighted by Gasteiger charge is -2.39. The highest BCUT2D eigenvalue weighted by molar-refractivity contribution is 6.06. The second-order valence-corrected chi connectivity index (χ2v) is 6.45. The molecule has 7 heteroatoms. The van der Waals surface area contributed by atoms with Crippen molar-refractivity contribution in [3.05, 3.63) is 71.8 Å². The van der Waals surface area contributed by atoms with Gasteiger partial charge in [-0.1, -0.05) is 48.5 Å². The number of carbonyl (C=O) groups is 1. The van der Waals surface area contributed by atoms with Crippen molar-refractivity contribution in [3.63, 3.8) is 0 Å². The molecule has 4 N–H and O–H groups in total. The predicted molar refractivity (Wildman–Crippen MR) is 101 cm³/mol. The quantitative estimate of drug-likeness (QED) is 0.428. The normalized spacial score (nSPS) is 27.6. The molecule has 0 saturated carbocycles. The number of benzene rings is 2. The maximum Gasteiger partial charge on any atom is 0.229 e. The van der Waals surface area contributed by atoms with Gasteiger partial charge in [0.15, 0.2) is 5.78 Å². The number of allylic oxidation sites excluding steroid dienone is 1. The first-order chi connectivity index (χ1) is 13.5. The van der Waals surface area contributed by atoms with Crippen molar-refractivity contribution in [1.82, 2.24) is 0 Å².